The Bertz CT molecular complexity index is 481. The third kappa shape index (κ3) is 2.99. The predicted octanol–water partition coefficient (Wildman–Crippen LogP) is 3.51. The van der Waals surface area contributed by atoms with Crippen molar-refractivity contribution in [1.82, 2.24) is 9.55 Å². The van der Waals surface area contributed by atoms with Crippen molar-refractivity contribution in [3.63, 3.8) is 0 Å². The number of fused-ring (bicyclic) bond motifs is 1. The van der Waals surface area contributed by atoms with Crippen molar-refractivity contribution in [1.29, 1.82) is 0 Å². The Kier molecular flexibility index (Phi) is 4.40. The molecule has 0 aliphatic rings. The van der Waals surface area contributed by atoms with Crippen LogP contribution in [0.1, 0.15) is 19.8 Å². The second kappa shape index (κ2) is 6.03. The van der Waals surface area contributed by atoms with Crippen LogP contribution in [0.3, 0.4) is 0 Å². The van der Waals surface area contributed by atoms with Gasteiger partial charge in [0.05, 0.1) is 17.6 Å². The van der Waals surface area contributed by atoms with Gasteiger partial charge in [-0.1, -0.05) is 25.5 Å². The Labute approximate surface area is 106 Å². The Morgan fingerprint density at radius 1 is 1.29 bits per heavy atom. The second-order valence-electron chi connectivity index (χ2n) is 3.99. The number of halogens is 1. The minimum absolute atomic E-state index is 0.533. The first-order valence-corrected chi connectivity index (χ1v) is 6.39. The van der Waals surface area contributed by atoms with Crippen molar-refractivity contribution < 1.29 is 4.74 Å². The van der Waals surface area contributed by atoms with E-state index in [1.54, 1.807) is 0 Å². The van der Waals surface area contributed by atoms with Crippen LogP contribution in [0.2, 0.25) is 5.28 Å². The average molecular weight is 253 g/mol. The fourth-order valence-corrected chi connectivity index (χ4v) is 2.03. The molecule has 0 aliphatic carbocycles. The molecular formula is C13H17ClN2O. The van der Waals surface area contributed by atoms with E-state index >= 15 is 0 Å². The topological polar surface area (TPSA) is 27.1 Å². The van der Waals surface area contributed by atoms with Crippen molar-refractivity contribution in [2.75, 3.05) is 13.2 Å². The molecule has 17 heavy (non-hydrogen) atoms. The number of nitrogens with zero attached hydrogens (tertiary/aromatic N) is 2. The zero-order valence-corrected chi connectivity index (χ0v) is 10.8. The Morgan fingerprint density at radius 2 is 2.12 bits per heavy atom. The summed E-state index contributed by atoms with van der Waals surface area (Å²) in [6.07, 6.45) is 2.27. The SMILES string of the molecule is CCCCOCCn1c(Cl)nc2ccccc21. The van der Waals surface area contributed by atoms with E-state index in [0.29, 0.717) is 11.9 Å². The van der Waals surface area contributed by atoms with E-state index in [9.17, 15) is 0 Å². The van der Waals surface area contributed by atoms with Gasteiger partial charge in [0.1, 0.15) is 0 Å². The van der Waals surface area contributed by atoms with Gasteiger partial charge in [-0.25, -0.2) is 4.98 Å². The number of hydrogen-bond donors (Lipinski definition) is 0. The van der Waals surface area contributed by atoms with Gasteiger partial charge in [0, 0.05) is 13.2 Å². The van der Waals surface area contributed by atoms with Gasteiger partial charge in [0.2, 0.25) is 5.28 Å². The molecular weight excluding hydrogens is 236 g/mol. The molecule has 0 N–H and O–H groups in total. The summed E-state index contributed by atoms with van der Waals surface area (Å²) in [4.78, 5) is 4.30. The van der Waals surface area contributed by atoms with Crippen LogP contribution in [0, 0.1) is 0 Å². The number of unbranched alkanes of at least 4 members (excludes halogenated alkanes) is 1. The summed E-state index contributed by atoms with van der Waals surface area (Å²) in [6, 6.07) is 7.96. The number of rotatable bonds is 6. The van der Waals surface area contributed by atoms with Crippen LogP contribution in [-0.2, 0) is 11.3 Å². The molecule has 0 radical (unpaired) electrons. The van der Waals surface area contributed by atoms with E-state index in [1.807, 2.05) is 28.8 Å². The summed E-state index contributed by atoms with van der Waals surface area (Å²) in [6.45, 7) is 4.41. The Hall–Kier alpha value is -1.06. The van der Waals surface area contributed by atoms with Gasteiger partial charge >= 0.3 is 0 Å². The molecule has 92 valence electrons. The van der Waals surface area contributed by atoms with Gasteiger partial charge < -0.3 is 9.30 Å². The molecule has 0 amide bonds. The smallest absolute Gasteiger partial charge is 0.203 e. The highest BCUT2D eigenvalue weighted by molar-refractivity contribution is 6.29. The standard InChI is InChI=1S/C13H17ClN2O/c1-2-3-9-17-10-8-16-12-7-5-4-6-11(12)15-13(16)14/h4-7H,2-3,8-10H2,1H3. The van der Waals surface area contributed by atoms with Crippen LogP contribution in [0.25, 0.3) is 11.0 Å². The monoisotopic (exact) mass is 252 g/mol. The van der Waals surface area contributed by atoms with E-state index in [4.69, 9.17) is 16.3 Å². The first-order valence-electron chi connectivity index (χ1n) is 6.01. The maximum absolute atomic E-state index is 6.10. The highest BCUT2D eigenvalue weighted by Crippen LogP contribution is 2.19. The van der Waals surface area contributed by atoms with Crippen molar-refractivity contribution in [2.24, 2.45) is 0 Å². The third-order valence-electron chi connectivity index (χ3n) is 2.71. The van der Waals surface area contributed by atoms with E-state index in [2.05, 4.69) is 11.9 Å². The van der Waals surface area contributed by atoms with Crippen molar-refractivity contribution in [3.8, 4) is 0 Å². The van der Waals surface area contributed by atoms with Crippen LogP contribution in [0.5, 0.6) is 0 Å². The lowest BCUT2D eigenvalue weighted by Crippen LogP contribution is -2.06. The summed E-state index contributed by atoms with van der Waals surface area (Å²) < 4.78 is 7.53. The van der Waals surface area contributed by atoms with Gasteiger partial charge in [0.15, 0.2) is 0 Å². The molecule has 0 atom stereocenters. The maximum Gasteiger partial charge on any atom is 0.203 e. The molecule has 2 aromatic rings. The maximum atomic E-state index is 6.10. The van der Waals surface area contributed by atoms with Crippen LogP contribution in [0.15, 0.2) is 24.3 Å². The minimum Gasteiger partial charge on any atom is -0.380 e. The minimum atomic E-state index is 0.533. The van der Waals surface area contributed by atoms with Gasteiger partial charge in [-0.05, 0) is 30.2 Å². The summed E-state index contributed by atoms with van der Waals surface area (Å²) in [5, 5.41) is 0.533. The lowest BCUT2D eigenvalue weighted by molar-refractivity contribution is 0.124. The quantitative estimate of drug-likeness (QED) is 0.736. The molecule has 0 saturated heterocycles. The normalized spacial score (nSPS) is 11.2. The number of ether oxygens (including phenoxy) is 1. The fraction of sp³-hybridized carbons (Fsp3) is 0.462. The number of aromatic nitrogens is 2. The largest absolute Gasteiger partial charge is 0.380 e. The molecule has 0 saturated carbocycles. The summed E-state index contributed by atoms with van der Waals surface area (Å²) in [7, 11) is 0. The zero-order chi connectivity index (χ0) is 12.1. The first-order chi connectivity index (χ1) is 8.33. The molecule has 2 rings (SSSR count). The molecule has 0 aliphatic heterocycles. The molecule has 0 unspecified atom stereocenters. The lowest BCUT2D eigenvalue weighted by Gasteiger charge is -2.06. The van der Waals surface area contributed by atoms with E-state index < -0.39 is 0 Å². The number of hydrogen-bond acceptors (Lipinski definition) is 2. The molecule has 1 heterocycles. The summed E-state index contributed by atoms with van der Waals surface area (Å²) in [5.74, 6) is 0. The van der Waals surface area contributed by atoms with Gasteiger partial charge in [-0.2, -0.15) is 0 Å². The average Bonchev–Trinajstić information content (AvgIpc) is 2.65. The highest BCUT2D eigenvalue weighted by Gasteiger charge is 2.07. The van der Waals surface area contributed by atoms with Crippen LogP contribution < -0.4 is 0 Å². The van der Waals surface area contributed by atoms with Crippen LogP contribution in [0.4, 0.5) is 0 Å². The molecule has 4 heteroatoms. The lowest BCUT2D eigenvalue weighted by atomic mass is 10.3. The molecule has 0 spiro atoms. The zero-order valence-electron chi connectivity index (χ0n) is 10.0. The number of imidazole rings is 1. The molecule has 0 bridgehead atoms. The Balaban J connectivity index is 2.00. The number of benzene rings is 1. The van der Waals surface area contributed by atoms with E-state index in [1.165, 1.54) is 0 Å². The van der Waals surface area contributed by atoms with E-state index in [0.717, 1.165) is 37.0 Å². The molecule has 1 aromatic carbocycles. The Morgan fingerprint density at radius 3 is 2.94 bits per heavy atom. The van der Waals surface area contributed by atoms with Crippen molar-refractivity contribution >= 4 is 22.6 Å². The number of para-hydroxylation sites is 2. The van der Waals surface area contributed by atoms with Crippen LogP contribution in [-0.4, -0.2) is 22.8 Å². The molecule has 1 aromatic heterocycles. The van der Waals surface area contributed by atoms with Crippen molar-refractivity contribution in [2.45, 2.75) is 26.3 Å². The van der Waals surface area contributed by atoms with Crippen molar-refractivity contribution in [3.05, 3.63) is 29.5 Å². The third-order valence-corrected chi connectivity index (χ3v) is 3.00. The molecule has 3 nitrogen and oxygen atoms in total. The summed E-state index contributed by atoms with van der Waals surface area (Å²) >= 11 is 6.10. The van der Waals surface area contributed by atoms with Crippen LogP contribution >= 0.6 is 11.6 Å². The second-order valence-corrected chi connectivity index (χ2v) is 4.33. The highest BCUT2D eigenvalue weighted by atomic mass is 35.5. The van der Waals surface area contributed by atoms with E-state index in [-0.39, 0.29) is 0 Å². The summed E-state index contributed by atoms with van der Waals surface area (Å²) in [5.41, 5.74) is 2.00. The van der Waals surface area contributed by atoms with Gasteiger partial charge in [0.25, 0.3) is 0 Å². The predicted molar refractivity (Wildman–Crippen MR) is 70.5 cm³/mol. The fourth-order valence-electron chi connectivity index (χ4n) is 1.76. The van der Waals surface area contributed by atoms with Gasteiger partial charge in [-0.3, -0.25) is 0 Å². The first kappa shape index (κ1) is 12.4. The molecule has 0 fully saturated rings. The van der Waals surface area contributed by atoms with Gasteiger partial charge in [-0.15, -0.1) is 0 Å².